The molecule has 4 rings (SSSR count). The number of benzene rings is 3. The van der Waals surface area contributed by atoms with Gasteiger partial charge in [-0.25, -0.2) is 0 Å². The molecule has 1 aromatic heterocycles. The fourth-order valence-corrected chi connectivity index (χ4v) is 2.63. The van der Waals surface area contributed by atoms with Crippen molar-refractivity contribution in [3.8, 4) is 39.7 Å². The van der Waals surface area contributed by atoms with Crippen LogP contribution in [0.1, 0.15) is 0 Å². The molecule has 0 aliphatic rings. The largest absolute Gasteiger partial charge is 0.497 e. The molecule has 4 aromatic rings. The van der Waals surface area contributed by atoms with Gasteiger partial charge >= 0.3 is 0 Å². The molecule has 0 radical (unpaired) electrons. The first kappa shape index (κ1) is 15.1. The fraction of sp³-hybridized carbons (Fsp3) is 0.0476. The first-order valence-electron chi connectivity index (χ1n) is 7.97. The van der Waals surface area contributed by atoms with Crippen molar-refractivity contribution in [1.29, 1.82) is 0 Å². The molecule has 4 heteroatoms. The van der Waals surface area contributed by atoms with E-state index in [9.17, 15) is 0 Å². The minimum absolute atomic E-state index is 0.505. The highest BCUT2D eigenvalue weighted by Gasteiger charge is 2.11. The van der Waals surface area contributed by atoms with E-state index in [-0.39, 0.29) is 0 Å². The molecule has 0 amide bonds. The van der Waals surface area contributed by atoms with Crippen LogP contribution in [0.4, 0.5) is 0 Å². The summed E-state index contributed by atoms with van der Waals surface area (Å²) in [5.74, 6) is 1.86. The van der Waals surface area contributed by atoms with Crippen molar-refractivity contribution >= 4 is 0 Å². The molecular formula is C21H16N2O2. The molecule has 0 fully saturated rings. The van der Waals surface area contributed by atoms with Crippen LogP contribution in [-0.2, 0) is 0 Å². The number of hydrogen-bond acceptors (Lipinski definition) is 4. The van der Waals surface area contributed by atoms with Crippen LogP contribution in [0.3, 0.4) is 0 Å². The van der Waals surface area contributed by atoms with E-state index in [2.05, 4.69) is 34.4 Å². The molecule has 0 aliphatic carbocycles. The van der Waals surface area contributed by atoms with E-state index in [1.165, 1.54) is 5.56 Å². The van der Waals surface area contributed by atoms with Crippen LogP contribution in [-0.4, -0.2) is 17.3 Å². The van der Waals surface area contributed by atoms with Crippen LogP contribution in [0.2, 0.25) is 0 Å². The van der Waals surface area contributed by atoms with Crippen molar-refractivity contribution in [3.63, 3.8) is 0 Å². The predicted octanol–water partition coefficient (Wildman–Crippen LogP) is 5.08. The van der Waals surface area contributed by atoms with Crippen LogP contribution in [0.15, 0.2) is 83.4 Å². The van der Waals surface area contributed by atoms with Gasteiger partial charge in [-0.3, -0.25) is 0 Å². The summed E-state index contributed by atoms with van der Waals surface area (Å²) in [6.07, 6.45) is 0. The number of methoxy groups -OCH3 is 1. The Morgan fingerprint density at radius 2 is 1.28 bits per heavy atom. The number of rotatable bonds is 4. The van der Waals surface area contributed by atoms with Crippen molar-refractivity contribution < 1.29 is 9.26 Å². The average Bonchev–Trinajstić information content (AvgIpc) is 3.19. The van der Waals surface area contributed by atoms with E-state index in [0.717, 1.165) is 22.4 Å². The normalized spacial score (nSPS) is 10.6. The van der Waals surface area contributed by atoms with E-state index in [1.807, 2.05) is 54.6 Å². The summed E-state index contributed by atoms with van der Waals surface area (Å²) >= 11 is 0. The van der Waals surface area contributed by atoms with Crippen molar-refractivity contribution in [2.45, 2.75) is 0 Å². The summed E-state index contributed by atoms with van der Waals surface area (Å²) in [7, 11) is 1.64. The highest BCUT2D eigenvalue weighted by Crippen LogP contribution is 2.26. The van der Waals surface area contributed by atoms with Gasteiger partial charge in [0.2, 0.25) is 5.82 Å². The number of hydrogen-bond donors (Lipinski definition) is 0. The minimum Gasteiger partial charge on any atom is -0.497 e. The standard InChI is InChI=1S/C21H16N2O2/c1-24-19-13-11-17(12-14-19)20-22-21(25-23-20)18-9-7-16(8-10-18)15-5-3-2-4-6-15/h2-14H,1H3. The van der Waals surface area contributed by atoms with Crippen molar-refractivity contribution in [1.82, 2.24) is 10.1 Å². The van der Waals surface area contributed by atoms with Crippen LogP contribution >= 0.6 is 0 Å². The fourth-order valence-electron chi connectivity index (χ4n) is 2.63. The number of aromatic nitrogens is 2. The maximum atomic E-state index is 5.41. The molecule has 0 saturated heterocycles. The van der Waals surface area contributed by atoms with Crippen LogP contribution in [0.5, 0.6) is 5.75 Å². The lowest BCUT2D eigenvalue weighted by atomic mass is 10.0. The monoisotopic (exact) mass is 328 g/mol. The number of nitrogens with zero attached hydrogens (tertiary/aromatic N) is 2. The molecular weight excluding hydrogens is 312 g/mol. The predicted molar refractivity (Wildman–Crippen MR) is 97.2 cm³/mol. The Hall–Kier alpha value is -3.40. The SMILES string of the molecule is COc1ccc(-c2noc(-c3ccc(-c4ccccc4)cc3)n2)cc1. The minimum atomic E-state index is 0.505. The molecule has 0 saturated carbocycles. The Labute approximate surface area is 145 Å². The molecule has 3 aromatic carbocycles. The Balaban J connectivity index is 1.59. The van der Waals surface area contributed by atoms with Gasteiger partial charge in [-0.1, -0.05) is 47.6 Å². The lowest BCUT2D eigenvalue weighted by molar-refractivity contribution is 0.415. The van der Waals surface area contributed by atoms with Gasteiger partial charge in [-0.15, -0.1) is 0 Å². The Morgan fingerprint density at radius 1 is 0.680 bits per heavy atom. The quantitative estimate of drug-likeness (QED) is 0.524. The molecule has 0 aliphatic heterocycles. The molecule has 1 heterocycles. The third-order valence-corrected chi connectivity index (χ3v) is 4.01. The highest BCUT2D eigenvalue weighted by atomic mass is 16.5. The summed E-state index contributed by atoms with van der Waals surface area (Å²) in [6.45, 7) is 0. The van der Waals surface area contributed by atoms with Gasteiger partial charge in [0.1, 0.15) is 5.75 Å². The van der Waals surface area contributed by atoms with Crippen molar-refractivity contribution in [2.75, 3.05) is 7.11 Å². The first-order chi connectivity index (χ1) is 12.3. The summed E-state index contributed by atoms with van der Waals surface area (Å²) < 4.78 is 10.6. The zero-order valence-electron chi connectivity index (χ0n) is 13.7. The molecule has 122 valence electrons. The van der Waals surface area contributed by atoms with Crippen LogP contribution in [0, 0.1) is 0 Å². The second-order valence-electron chi connectivity index (χ2n) is 5.60. The van der Waals surface area contributed by atoms with Gasteiger partial charge in [0.15, 0.2) is 0 Å². The van der Waals surface area contributed by atoms with E-state index in [4.69, 9.17) is 9.26 Å². The lowest BCUT2D eigenvalue weighted by Crippen LogP contribution is -1.84. The molecule has 0 atom stereocenters. The molecule has 4 nitrogen and oxygen atoms in total. The lowest BCUT2D eigenvalue weighted by Gasteiger charge is -2.01. The van der Waals surface area contributed by atoms with Gasteiger partial charge in [-0.2, -0.15) is 4.98 Å². The maximum absolute atomic E-state index is 5.41. The van der Waals surface area contributed by atoms with Crippen LogP contribution in [0.25, 0.3) is 34.0 Å². The van der Waals surface area contributed by atoms with Gasteiger partial charge in [0, 0.05) is 11.1 Å². The van der Waals surface area contributed by atoms with Gasteiger partial charge in [0.25, 0.3) is 5.89 Å². The summed E-state index contributed by atoms with van der Waals surface area (Å²) in [6, 6.07) is 25.9. The first-order valence-corrected chi connectivity index (χ1v) is 7.97. The summed E-state index contributed by atoms with van der Waals surface area (Å²) in [4.78, 5) is 4.49. The van der Waals surface area contributed by atoms with Gasteiger partial charge in [-0.05, 0) is 47.5 Å². The third-order valence-electron chi connectivity index (χ3n) is 4.01. The molecule has 0 unspecified atom stereocenters. The molecule has 0 spiro atoms. The van der Waals surface area contributed by atoms with Crippen LogP contribution < -0.4 is 4.74 Å². The van der Waals surface area contributed by atoms with E-state index in [1.54, 1.807) is 7.11 Å². The topological polar surface area (TPSA) is 48.2 Å². The zero-order chi connectivity index (χ0) is 17.1. The van der Waals surface area contributed by atoms with Gasteiger partial charge < -0.3 is 9.26 Å². The zero-order valence-corrected chi connectivity index (χ0v) is 13.7. The Bertz CT molecular complexity index is 959. The van der Waals surface area contributed by atoms with Crippen molar-refractivity contribution in [3.05, 3.63) is 78.9 Å². The van der Waals surface area contributed by atoms with E-state index >= 15 is 0 Å². The number of ether oxygens (including phenoxy) is 1. The Morgan fingerprint density at radius 3 is 1.96 bits per heavy atom. The Kier molecular flexibility index (Phi) is 4.01. The van der Waals surface area contributed by atoms with Crippen molar-refractivity contribution in [2.24, 2.45) is 0 Å². The van der Waals surface area contributed by atoms with Gasteiger partial charge in [0.05, 0.1) is 7.11 Å². The smallest absolute Gasteiger partial charge is 0.258 e. The molecule has 0 bridgehead atoms. The third kappa shape index (κ3) is 3.15. The second kappa shape index (κ2) is 6.61. The van der Waals surface area contributed by atoms with E-state index in [0.29, 0.717) is 11.7 Å². The summed E-state index contributed by atoms with van der Waals surface area (Å²) in [5, 5.41) is 4.07. The van der Waals surface area contributed by atoms with E-state index < -0.39 is 0 Å². The maximum Gasteiger partial charge on any atom is 0.258 e. The highest BCUT2D eigenvalue weighted by molar-refractivity contribution is 5.68. The summed E-state index contributed by atoms with van der Waals surface area (Å²) in [5.41, 5.74) is 4.11. The molecule has 25 heavy (non-hydrogen) atoms. The average molecular weight is 328 g/mol. The second-order valence-corrected chi connectivity index (χ2v) is 5.60. The molecule has 0 N–H and O–H groups in total.